The highest BCUT2D eigenvalue weighted by Gasteiger charge is 2.25. The van der Waals surface area contributed by atoms with Crippen LogP contribution in [0.4, 0.5) is 0 Å². The second-order valence-electron chi connectivity index (χ2n) is 4.82. The van der Waals surface area contributed by atoms with Crippen molar-refractivity contribution in [1.29, 1.82) is 0 Å². The predicted octanol–water partition coefficient (Wildman–Crippen LogP) is 0.878. The molecule has 2 rings (SSSR count). The minimum atomic E-state index is 0.250. The molecule has 0 saturated carbocycles. The first kappa shape index (κ1) is 11.6. The van der Waals surface area contributed by atoms with Gasteiger partial charge < -0.3 is 9.64 Å². The SMILES string of the molecule is CN1CCC(CN2CCOC(CCl)C2)C1. The third-order valence-corrected chi connectivity index (χ3v) is 3.74. The van der Waals surface area contributed by atoms with Gasteiger partial charge in [0.25, 0.3) is 0 Å². The lowest BCUT2D eigenvalue weighted by Crippen LogP contribution is -2.45. The van der Waals surface area contributed by atoms with Gasteiger partial charge in [-0.25, -0.2) is 0 Å². The summed E-state index contributed by atoms with van der Waals surface area (Å²) in [5.74, 6) is 1.48. The molecule has 2 unspecified atom stereocenters. The highest BCUT2D eigenvalue weighted by Crippen LogP contribution is 2.17. The molecule has 0 radical (unpaired) electrons. The maximum atomic E-state index is 5.83. The van der Waals surface area contributed by atoms with Gasteiger partial charge in [0.2, 0.25) is 0 Å². The molecule has 2 atom stereocenters. The van der Waals surface area contributed by atoms with Crippen LogP contribution in [-0.4, -0.2) is 68.2 Å². The average Bonchev–Trinajstić information content (AvgIpc) is 2.64. The van der Waals surface area contributed by atoms with Crippen molar-refractivity contribution in [2.24, 2.45) is 5.92 Å². The van der Waals surface area contributed by atoms with Crippen molar-refractivity contribution in [3.63, 3.8) is 0 Å². The summed E-state index contributed by atoms with van der Waals surface area (Å²) >= 11 is 5.83. The molecule has 2 aliphatic heterocycles. The fraction of sp³-hybridized carbons (Fsp3) is 1.00. The molecule has 0 N–H and O–H groups in total. The summed E-state index contributed by atoms with van der Waals surface area (Å²) in [5.41, 5.74) is 0. The fourth-order valence-corrected chi connectivity index (χ4v) is 2.77. The number of nitrogens with zero attached hydrogens (tertiary/aromatic N) is 2. The first-order valence-electron chi connectivity index (χ1n) is 5.86. The van der Waals surface area contributed by atoms with E-state index in [0.717, 1.165) is 25.6 Å². The number of halogens is 1. The Kier molecular flexibility index (Phi) is 4.26. The molecule has 0 amide bonds. The quantitative estimate of drug-likeness (QED) is 0.672. The Morgan fingerprint density at radius 2 is 2.20 bits per heavy atom. The predicted molar refractivity (Wildman–Crippen MR) is 62.5 cm³/mol. The zero-order valence-corrected chi connectivity index (χ0v) is 10.2. The summed E-state index contributed by atoms with van der Waals surface area (Å²) in [4.78, 5) is 4.94. The van der Waals surface area contributed by atoms with Crippen molar-refractivity contribution in [1.82, 2.24) is 9.80 Å². The number of hydrogen-bond acceptors (Lipinski definition) is 3. The van der Waals surface area contributed by atoms with E-state index in [-0.39, 0.29) is 6.10 Å². The largest absolute Gasteiger partial charge is 0.374 e. The second kappa shape index (κ2) is 5.48. The van der Waals surface area contributed by atoms with Crippen molar-refractivity contribution in [3.8, 4) is 0 Å². The van der Waals surface area contributed by atoms with Gasteiger partial charge in [0, 0.05) is 32.1 Å². The monoisotopic (exact) mass is 232 g/mol. The van der Waals surface area contributed by atoms with E-state index >= 15 is 0 Å². The zero-order chi connectivity index (χ0) is 10.7. The molecule has 2 fully saturated rings. The summed E-state index contributed by atoms with van der Waals surface area (Å²) in [6, 6.07) is 0. The maximum absolute atomic E-state index is 5.83. The van der Waals surface area contributed by atoms with E-state index in [2.05, 4.69) is 16.8 Å². The molecule has 0 aromatic carbocycles. The van der Waals surface area contributed by atoms with Crippen molar-refractivity contribution in [3.05, 3.63) is 0 Å². The topological polar surface area (TPSA) is 15.7 Å². The molecule has 0 spiro atoms. The summed E-state index contributed by atoms with van der Waals surface area (Å²) in [6.45, 7) is 6.68. The molecular formula is C11H21ClN2O. The third-order valence-electron chi connectivity index (χ3n) is 3.40. The molecule has 88 valence electrons. The summed E-state index contributed by atoms with van der Waals surface area (Å²) < 4.78 is 5.56. The van der Waals surface area contributed by atoms with Crippen LogP contribution in [0.3, 0.4) is 0 Å². The number of ether oxygens (including phenoxy) is 1. The summed E-state index contributed by atoms with van der Waals surface area (Å²) in [6.07, 6.45) is 1.60. The smallest absolute Gasteiger partial charge is 0.0837 e. The molecular weight excluding hydrogens is 212 g/mol. The first-order chi connectivity index (χ1) is 7.28. The second-order valence-corrected chi connectivity index (χ2v) is 5.13. The van der Waals surface area contributed by atoms with Crippen LogP contribution in [0.1, 0.15) is 6.42 Å². The van der Waals surface area contributed by atoms with Gasteiger partial charge in [-0.2, -0.15) is 0 Å². The van der Waals surface area contributed by atoms with Gasteiger partial charge in [-0.1, -0.05) is 0 Å². The van der Waals surface area contributed by atoms with E-state index in [1.807, 2.05) is 0 Å². The van der Waals surface area contributed by atoms with Gasteiger partial charge in [-0.05, 0) is 25.9 Å². The van der Waals surface area contributed by atoms with Crippen LogP contribution in [0.5, 0.6) is 0 Å². The maximum Gasteiger partial charge on any atom is 0.0837 e. The van der Waals surface area contributed by atoms with Crippen LogP contribution < -0.4 is 0 Å². The first-order valence-corrected chi connectivity index (χ1v) is 6.40. The lowest BCUT2D eigenvalue weighted by Gasteiger charge is -2.33. The minimum Gasteiger partial charge on any atom is -0.374 e. The van der Waals surface area contributed by atoms with Crippen molar-refractivity contribution in [2.45, 2.75) is 12.5 Å². The molecule has 2 heterocycles. The average molecular weight is 233 g/mol. The van der Waals surface area contributed by atoms with Crippen molar-refractivity contribution >= 4 is 11.6 Å². The van der Waals surface area contributed by atoms with E-state index in [0.29, 0.717) is 5.88 Å². The molecule has 0 aromatic rings. The Bertz CT molecular complexity index is 203. The highest BCUT2D eigenvalue weighted by molar-refractivity contribution is 6.18. The van der Waals surface area contributed by atoms with E-state index in [1.165, 1.54) is 26.1 Å². The van der Waals surface area contributed by atoms with Gasteiger partial charge in [0.05, 0.1) is 12.7 Å². The van der Waals surface area contributed by atoms with Gasteiger partial charge in [0.15, 0.2) is 0 Å². The number of likely N-dealkylation sites (tertiary alicyclic amines) is 1. The van der Waals surface area contributed by atoms with Gasteiger partial charge in [-0.3, -0.25) is 4.90 Å². The van der Waals surface area contributed by atoms with Crippen LogP contribution in [0.25, 0.3) is 0 Å². The Hall–Kier alpha value is 0.170. The van der Waals surface area contributed by atoms with E-state index in [9.17, 15) is 0 Å². The molecule has 2 saturated heterocycles. The number of hydrogen-bond donors (Lipinski definition) is 0. The van der Waals surface area contributed by atoms with E-state index < -0.39 is 0 Å². The van der Waals surface area contributed by atoms with E-state index in [1.54, 1.807) is 0 Å². The molecule has 4 heteroatoms. The molecule has 2 aliphatic rings. The standard InChI is InChI=1S/C11H21ClN2O/c1-13-3-2-10(7-13)8-14-4-5-15-11(6-12)9-14/h10-11H,2-9H2,1H3. The number of morpholine rings is 1. The number of alkyl halides is 1. The Morgan fingerprint density at radius 1 is 1.33 bits per heavy atom. The number of rotatable bonds is 3. The van der Waals surface area contributed by atoms with Gasteiger partial charge in [0.1, 0.15) is 0 Å². The molecule has 0 aliphatic carbocycles. The minimum absolute atomic E-state index is 0.250. The highest BCUT2D eigenvalue weighted by atomic mass is 35.5. The molecule has 3 nitrogen and oxygen atoms in total. The Labute approximate surface area is 97.3 Å². The zero-order valence-electron chi connectivity index (χ0n) is 9.49. The van der Waals surface area contributed by atoms with Crippen LogP contribution in [0.15, 0.2) is 0 Å². The Balaban J connectivity index is 1.74. The van der Waals surface area contributed by atoms with Crippen LogP contribution in [0, 0.1) is 5.92 Å². The third kappa shape index (κ3) is 3.31. The normalized spacial score (nSPS) is 34.8. The Morgan fingerprint density at radius 3 is 2.87 bits per heavy atom. The van der Waals surface area contributed by atoms with Crippen LogP contribution in [0.2, 0.25) is 0 Å². The summed E-state index contributed by atoms with van der Waals surface area (Å²) in [7, 11) is 2.21. The lowest BCUT2D eigenvalue weighted by atomic mass is 10.1. The van der Waals surface area contributed by atoms with Gasteiger partial charge >= 0.3 is 0 Å². The van der Waals surface area contributed by atoms with Crippen LogP contribution >= 0.6 is 11.6 Å². The van der Waals surface area contributed by atoms with Crippen LogP contribution in [-0.2, 0) is 4.74 Å². The molecule has 15 heavy (non-hydrogen) atoms. The molecule has 0 bridgehead atoms. The van der Waals surface area contributed by atoms with Crippen molar-refractivity contribution < 1.29 is 4.74 Å². The van der Waals surface area contributed by atoms with Gasteiger partial charge in [-0.15, -0.1) is 11.6 Å². The fourth-order valence-electron chi connectivity index (χ4n) is 2.58. The van der Waals surface area contributed by atoms with Crippen molar-refractivity contribution in [2.75, 3.05) is 52.3 Å². The summed E-state index contributed by atoms with van der Waals surface area (Å²) in [5, 5.41) is 0. The van der Waals surface area contributed by atoms with E-state index in [4.69, 9.17) is 16.3 Å². The lowest BCUT2D eigenvalue weighted by molar-refractivity contribution is -0.0207. The molecule has 0 aromatic heterocycles.